The smallest absolute Gasteiger partial charge is 0.333 e. The molecule has 1 saturated heterocycles. The summed E-state index contributed by atoms with van der Waals surface area (Å²) in [5, 5.41) is 0. The van der Waals surface area contributed by atoms with Crippen molar-refractivity contribution < 1.29 is 18.3 Å². The molecule has 0 spiro atoms. The molecule has 3 rings (SSSR count). The molecule has 2 heterocycles. The predicted molar refractivity (Wildman–Crippen MR) is 105 cm³/mol. The number of alkyl halides is 2. The van der Waals surface area contributed by atoms with E-state index < -0.39 is 41.3 Å². The van der Waals surface area contributed by atoms with Gasteiger partial charge in [-0.25, -0.2) is 13.6 Å². The van der Waals surface area contributed by atoms with E-state index in [-0.39, 0.29) is 13.0 Å². The standard InChI is InChI=1S/C21H26F2N2O4/c1-5-21(14(3)22)13(2)18(23)19(29-21)24-11-10-17(26)25(20(24)27)12-15-6-8-16(28-4)9-7-15/h6-11,13-14,18-19H,5,12H2,1-4H3/t13-,14?,18+,19+,21+/m0/s1. The molecule has 1 aromatic carbocycles. The fourth-order valence-electron chi connectivity index (χ4n) is 4.05. The predicted octanol–water partition coefficient (Wildman–Crippen LogP) is 3.08. The highest BCUT2D eigenvalue weighted by Crippen LogP contribution is 2.47. The van der Waals surface area contributed by atoms with Crippen molar-refractivity contribution in [1.29, 1.82) is 0 Å². The third-order valence-electron chi connectivity index (χ3n) is 5.96. The topological polar surface area (TPSA) is 62.5 Å². The van der Waals surface area contributed by atoms with Crippen molar-refractivity contribution in [3.8, 4) is 5.75 Å². The summed E-state index contributed by atoms with van der Waals surface area (Å²) in [6.07, 6.45) is -2.81. The third kappa shape index (κ3) is 3.61. The van der Waals surface area contributed by atoms with Crippen molar-refractivity contribution in [3.05, 3.63) is 62.9 Å². The van der Waals surface area contributed by atoms with Gasteiger partial charge in [-0.1, -0.05) is 26.0 Å². The second-order valence-corrected chi connectivity index (χ2v) is 7.44. The van der Waals surface area contributed by atoms with Crippen LogP contribution in [0.2, 0.25) is 0 Å². The Kier molecular flexibility index (Phi) is 5.93. The van der Waals surface area contributed by atoms with E-state index in [0.717, 1.165) is 9.13 Å². The molecule has 1 aromatic heterocycles. The Morgan fingerprint density at radius 3 is 2.41 bits per heavy atom. The fraction of sp³-hybridized carbons (Fsp3) is 0.524. The van der Waals surface area contributed by atoms with Crippen LogP contribution < -0.4 is 16.0 Å². The molecular weight excluding hydrogens is 382 g/mol. The number of benzene rings is 1. The summed E-state index contributed by atoms with van der Waals surface area (Å²) in [6.45, 7) is 4.67. The van der Waals surface area contributed by atoms with Crippen LogP contribution in [0.25, 0.3) is 0 Å². The maximum absolute atomic E-state index is 15.1. The van der Waals surface area contributed by atoms with E-state index in [1.165, 1.54) is 19.2 Å². The molecule has 0 aliphatic carbocycles. The first kappa shape index (κ1) is 21.2. The van der Waals surface area contributed by atoms with Crippen LogP contribution in [0.4, 0.5) is 8.78 Å². The molecule has 8 heteroatoms. The minimum atomic E-state index is -1.59. The summed E-state index contributed by atoms with van der Waals surface area (Å²) in [4.78, 5) is 25.3. The van der Waals surface area contributed by atoms with E-state index in [1.54, 1.807) is 45.2 Å². The molecule has 2 aromatic rings. The van der Waals surface area contributed by atoms with Crippen molar-refractivity contribution in [1.82, 2.24) is 9.13 Å². The highest BCUT2D eigenvalue weighted by Gasteiger charge is 2.56. The summed E-state index contributed by atoms with van der Waals surface area (Å²) < 4.78 is 42.4. The van der Waals surface area contributed by atoms with Crippen LogP contribution in [0.1, 0.15) is 39.0 Å². The zero-order valence-corrected chi connectivity index (χ0v) is 17.0. The minimum absolute atomic E-state index is 0.0140. The number of rotatable bonds is 6. The summed E-state index contributed by atoms with van der Waals surface area (Å²) >= 11 is 0. The van der Waals surface area contributed by atoms with Crippen LogP contribution in [-0.4, -0.2) is 34.2 Å². The normalized spacial score (nSPS) is 27.7. The van der Waals surface area contributed by atoms with E-state index in [2.05, 4.69) is 0 Å². The van der Waals surface area contributed by atoms with Gasteiger partial charge in [0.25, 0.3) is 5.56 Å². The van der Waals surface area contributed by atoms with Gasteiger partial charge in [0.1, 0.15) is 17.5 Å². The van der Waals surface area contributed by atoms with Gasteiger partial charge in [0.15, 0.2) is 12.4 Å². The van der Waals surface area contributed by atoms with Gasteiger partial charge in [-0.3, -0.25) is 13.9 Å². The van der Waals surface area contributed by atoms with Gasteiger partial charge in [0.2, 0.25) is 0 Å². The Bertz CT molecular complexity index is 970. The van der Waals surface area contributed by atoms with Crippen LogP contribution in [0.5, 0.6) is 5.75 Å². The van der Waals surface area contributed by atoms with Crippen LogP contribution in [0.15, 0.2) is 46.1 Å². The second-order valence-electron chi connectivity index (χ2n) is 7.44. The summed E-state index contributed by atoms with van der Waals surface area (Å²) in [6, 6.07) is 8.11. The maximum Gasteiger partial charge on any atom is 0.333 e. The lowest BCUT2D eigenvalue weighted by Crippen LogP contribution is -2.44. The van der Waals surface area contributed by atoms with E-state index in [9.17, 15) is 14.0 Å². The zero-order valence-electron chi connectivity index (χ0n) is 17.0. The number of halogens is 2. The number of ether oxygens (including phenoxy) is 2. The van der Waals surface area contributed by atoms with Crippen LogP contribution >= 0.6 is 0 Å². The molecule has 5 atom stereocenters. The summed E-state index contributed by atoms with van der Waals surface area (Å²) in [5.41, 5.74) is -1.82. The van der Waals surface area contributed by atoms with Gasteiger partial charge in [-0.2, -0.15) is 0 Å². The first-order chi connectivity index (χ1) is 13.7. The molecule has 0 saturated carbocycles. The molecule has 0 amide bonds. The van der Waals surface area contributed by atoms with Gasteiger partial charge in [-0.05, 0) is 31.0 Å². The summed E-state index contributed by atoms with van der Waals surface area (Å²) in [7, 11) is 1.54. The van der Waals surface area contributed by atoms with Crippen molar-refractivity contribution in [3.63, 3.8) is 0 Å². The summed E-state index contributed by atoms with van der Waals surface area (Å²) in [5.74, 6) is -0.0946. The number of aromatic nitrogens is 2. The number of hydrogen-bond acceptors (Lipinski definition) is 4. The van der Waals surface area contributed by atoms with Gasteiger partial charge in [-0.15, -0.1) is 0 Å². The van der Waals surface area contributed by atoms with Crippen molar-refractivity contribution >= 4 is 0 Å². The molecule has 1 unspecified atom stereocenters. The molecule has 158 valence electrons. The van der Waals surface area contributed by atoms with Crippen LogP contribution in [0, 0.1) is 5.92 Å². The fourth-order valence-corrected chi connectivity index (χ4v) is 4.05. The molecule has 1 aliphatic heterocycles. The van der Waals surface area contributed by atoms with E-state index in [0.29, 0.717) is 11.3 Å². The number of nitrogens with zero attached hydrogens (tertiary/aromatic N) is 2. The lowest BCUT2D eigenvalue weighted by atomic mass is 9.82. The molecule has 29 heavy (non-hydrogen) atoms. The quantitative estimate of drug-likeness (QED) is 0.737. The van der Waals surface area contributed by atoms with Crippen molar-refractivity contribution in [2.75, 3.05) is 7.11 Å². The van der Waals surface area contributed by atoms with Gasteiger partial charge < -0.3 is 9.47 Å². The lowest BCUT2D eigenvalue weighted by molar-refractivity contribution is -0.126. The Morgan fingerprint density at radius 1 is 1.24 bits per heavy atom. The Balaban J connectivity index is 1.98. The molecule has 0 N–H and O–H groups in total. The Morgan fingerprint density at radius 2 is 1.90 bits per heavy atom. The van der Waals surface area contributed by atoms with Crippen molar-refractivity contribution in [2.45, 2.75) is 57.9 Å². The first-order valence-electron chi connectivity index (χ1n) is 9.66. The molecule has 6 nitrogen and oxygen atoms in total. The number of methoxy groups -OCH3 is 1. The van der Waals surface area contributed by atoms with Gasteiger partial charge in [0, 0.05) is 18.2 Å². The van der Waals surface area contributed by atoms with Crippen LogP contribution in [0.3, 0.4) is 0 Å². The SMILES string of the molecule is CC[C@@]1(C(C)F)O[C@@H](n2ccc(=O)n(Cc3ccc(OC)cc3)c2=O)[C@H](F)[C@@H]1C. The van der Waals surface area contributed by atoms with E-state index in [4.69, 9.17) is 9.47 Å². The Hall–Kier alpha value is -2.48. The Labute approximate surface area is 167 Å². The minimum Gasteiger partial charge on any atom is -0.497 e. The average Bonchev–Trinajstić information content (AvgIpc) is 2.97. The molecular formula is C21H26F2N2O4. The van der Waals surface area contributed by atoms with Gasteiger partial charge in [0.05, 0.1) is 13.7 Å². The third-order valence-corrected chi connectivity index (χ3v) is 5.96. The highest BCUT2D eigenvalue weighted by atomic mass is 19.1. The van der Waals surface area contributed by atoms with Crippen molar-refractivity contribution in [2.24, 2.45) is 5.92 Å². The van der Waals surface area contributed by atoms with E-state index >= 15 is 4.39 Å². The van der Waals surface area contributed by atoms with Gasteiger partial charge >= 0.3 is 5.69 Å². The highest BCUT2D eigenvalue weighted by molar-refractivity contribution is 5.27. The first-order valence-corrected chi connectivity index (χ1v) is 9.66. The molecule has 1 fully saturated rings. The molecule has 1 aliphatic rings. The maximum atomic E-state index is 15.1. The lowest BCUT2D eigenvalue weighted by Gasteiger charge is -2.33. The monoisotopic (exact) mass is 408 g/mol. The number of hydrogen-bond donors (Lipinski definition) is 0. The molecule has 0 radical (unpaired) electrons. The zero-order chi connectivity index (χ0) is 21.3. The van der Waals surface area contributed by atoms with Crippen LogP contribution in [-0.2, 0) is 11.3 Å². The second kappa shape index (κ2) is 8.10. The van der Waals surface area contributed by atoms with E-state index in [1.807, 2.05) is 0 Å². The largest absolute Gasteiger partial charge is 0.497 e. The molecule has 0 bridgehead atoms. The average molecular weight is 408 g/mol.